The Bertz CT molecular complexity index is 1100. The number of nitrogens with one attached hydrogen (secondary N) is 1. The smallest absolute Gasteiger partial charge is 0.306 e. The molecular weight excluding hydrogens is 791 g/mol. The minimum Gasteiger partial charge on any atom is -0.462 e. The Balaban J connectivity index is 4.58. The van der Waals surface area contributed by atoms with Crippen LogP contribution >= 0.6 is 0 Å². The third-order valence-corrected chi connectivity index (χ3v) is 12.7. The van der Waals surface area contributed by atoms with E-state index in [0.29, 0.717) is 19.3 Å². The van der Waals surface area contributed by atoms with Gasteiger partial charge in [0.05, 0.1) is 25.2 Å². The van der Waals surface area contributed by atoms with E-state index >= 15 is 0 Å². The van der Waals surface area contributed by atoms with Gasteiger partial charge >= 0.3 is 5.97 Å². The summed E-state index contributed by atoms with van der Waals surface area (Å²) in [5.74, 6) is -0.499. The van der Waals surface area contributed by atoms with Crippen molar-refractivity contribution < 1.29 is 24.5 Å². The summed E-state index contributed by atoms with van der Waals surface area (Å²) in [5, 5.41) is 23.7. The zero-order chi connectivity index (χ0) is 46.7. The zero-order valence-electron chi connectivity index (χ0n) is 42.7. The van der Waals surface area contributed by atoms with Crippen molar-refractivity contribution in [3.05, 3.63) is 48.6 Å². The quantitative estimate of drug-likeness (QED) is 0.0321. The highest BCUT2D eigenvalue weighted by Gasteiger charge is 2.24. The molecule has 0 aliphatic heterocycles. The normalized spacial score (nSPS) is 13.5. The number of carbonyl (C=O) groups excluding carboxylic acids is 2. The van der Waals surface area contributed by atoms with Gasteiger partial charge in [0.25, 0.3) is 0 Å². The molecule has 0 radical (unpaired) electrons. The Morgan fingerprint density at radius 3 is 1.22 bits per heavy atom. The van der Waals surface area contributed by atoms with E-state index in [2.05, 4.69) is 74.7 Å². The summed E-state index contributed by atoms with van der Waals surface area (Å²) < 4.78 is 5.94. The summed E-state index contributed by atoms with van der Waals surface area (Å²) in [7, 11) is 0. The Morgan fingerprint density at radius 2 is 0.797 bits per heavy atom. The highest BCUT2D eigenvalue weighted by molar-refractivity contribution is 5.77. The number of amides is 1. The molecule has 0 rings (SSSR count). The van der Waals surface area contributed by atoms with Crippen molar-refractivity contribution in [2.75, 3.05) is 6.61 Å². The van der Waals surface area contributed by atoms with Gasteiger partial charge in [-0.2, -0.15) is 0 Å². The molecule has 3 N–H and O–H groups in total. The first-order valence-electron chi connectivity index (χ1n) is 27.9. The van der Waals surface area contributed by atoms with Crippen LogP contribution in [-0.4, -0.2) is 46.9 Å². The van der Waals surface area contributed by atoms with Crippen molar-refractivity contribution >= 4 is 11.9 Å². The van der Waals surface area contributed by atoms with Gasteiger partial charge < -0.3 is 20.3 Å². The molecule has 0 spiro atoms. The standard InChI is InChI=1S/C58H107NO5/c1-4-7-10-13-16-19-21-23-25-27-28-30-32-34-36-39-42-45-48-51-58(63)64-54(49-46-43-40-38-35-33-31-29-26-24-22-20-17-14-11-8-5-2)52-57(62)59-55(53-60)56(61)50-47-44-41-37-18-15-12-9-6-3/h16,19,23,25,28,30,34,36,54-56,60-61H,4-15,17-18,20-22,24,26-27,29,31-33,35,37-53H2,1-3H3,(H,59,62)/b19-16-,25-23-,30-28-,36-34-. The van der Waals surface area contributed by atoms with Crippen LogP contribution in [0.1, 0.15) is 284 Å². The maximum atomic E-state index is 13.2. The summed E-state index contributed by atoms with van der Waals surface area (Å²) in [4.78, 5) is 26.2. The fourth-order valence-electron chi connectivity index (χ4n) is 8.41. The van der Waals surface area contributed by atoms with Crippen molar-refractivity contribution in [1.29, 1.82) is 0 Å². The molecule has 6 nitrogen and oxygen atoms in total. The monoisotopic (exact) mass is 898 g/mol. The first-order valence-corrected chi connectivity index (χ1v) is 27.9. The molecule has 1 amide bonds. The van der Waals surface area contributed by atoms with Crippen LogP contribution in [-0.2, 0) is 14.3 Å². The molecule has 0 saturated heterocycles. The molecule has 3 atom stereocenters. The molecule has 0 aliphatic rings. The van der Waals surface area contributed by atoms with E-state index in [-0.39, 0.29) is 24.9 Å². The number of rotatable bonds is 50. The number of aliphatic hydroxyl groups is 2. The lowest BCUT2D eigenvalue weighted by Gasteiger charge is -2.24. The molecule has 0 heterocycles. The topological polar surface area (TPSA) is 95.9 Å². The van der Waals surface area contributed by atoms with E-state index in [0.717, 1.165) is 77.0 Å². The Kier molecular flexibility index (Phi) is 50.0. The van der Waals surface area contributed by atoms with Gasteiger partial charge in [-0.05, 0) is 70.6 Å². The maximum absolute atomic E-state index is 13.2. The fraction of sp³-hybridized carbons (Fsp3) is 0.828. The van der Waals surface area contributed by atoms with E-state index in [1.807, 2.05) is 0 Å². The van der Waals surface area contributed by atoms with Gasteiger partial charge in [0, 0.05) is 6.42 Å². The zero-order valence-corrected chi connectivity index (χ0v) is 42.7. The van der Waals surface area contributed by atoms with Gasteiger partial charge in [-0.25, -0.2) is 0 Å². The van der Waals surface area contributed by atoms with Crippen LogP contribution in [0.2, 0.25) is 0 Å². The molecule has 374 valence electrons. The molecule has 0 bridgehead atoms. The predicted molar refractivity (Wildman–Crippen MR) is 278 cm³/mol. The molecule has 0 aromatic rings. The second kappa shape index (κ2) is 51.8. The molecule has 0 fully saturated rings. The van der Waals surface area contributed by atoms with E-state index in [9.17, 15) is 19.8 Å². The summed E-state index contributed by atoms with van der Waals surface area (Å²) in [6, 6.07) is -0.706. The van der Waals surface area contributed by atoms with Crippen LogP contribution in [0.15, 0.2) is 48.6 Å². The second-order valence-electron chi connectivity index (χ2n) is 19.0. The van der Waals surface area contributed by atoms with Gasteiger partial charge in [0.15, 0.2) is 0 Å². The molecule has 0 saturated carbocycles. The SMILES string of the molecule is CCCCC/C=C\C/C=C\C/C=C\C/C=C\CCCCCC(=O)OC(CCCCCCCCCCCCCCCCCCC)CC(=O)NC(CO)C(O)CCCCCCCCCCC. The average Bonchev–Trinajstić information content (AvgIpc) is 3.29. The highest BCUT2D eigenvalue weighted by atomic mass is 16.5. The van der Waals surface area contributed by atoms with E-state index < -0.39 is 18.2 Å². The number of hydrogen-bond acceptors (Lipinski definition) is 5. The largest absolute Gasteiger partial charge is 0.462 e. The highest BCUT2D eigenvalue weighted by Crippen LogP contribution is 2.18. The van der Waals surface area contributed by atoms with Crippen LogP contribution in [0.3, 0.4) is 0 Å². The summed E-state index contributed by atoms with van der Waals surface area (Å²) in [5.41, 5.74) is 0. The summed E-state index contributed by atoms with van der Waals surface area (Å²) >= 11 is 0. The molecule has 0 aromatic carbocycles. The van der Waals surface area contributed by atoms with E-state index in [1.54, 1.807) is 0 Å². The average molecular weight is 898 g/mol. The first-order chi connectivity index (χ1) is 31.5. The van der Waals surface area contributed by atoms with Crippen LogP contribution in [0.4, 0.5) is 0 Å². The lowest BCUT2D eigenvalue weighted by atomic mass is 10.0. The Hall–Kier alpha value is -2.18. The maximum Gasteiger partial charge on any atom is 0.306 e. The fourth-order valence-corrected chi connectivity index (χ4v) is 8.41. The third-order valence-electron chi connectivity index (χ3n) is 12.7. The molecule has 0 aromatic heterocycles. The molecule has 64 heavy (non-hydrogen) atoms. The van der Waals surface area contributed by atoms with Gasteiger partial charge in [-0.15, -0.1) is 0 Å². The number of hydrogen-bond donors (Lipinski definition) is 3. The van der Waals surface area contributed by atoms with Crippen molar-refractivity contribution in [1.82, 2.24) is 5.32 Å². The predicted octanol–water partition coefficient (Wildman–Crippen LogP) is 17.0. The minimum absolute atomic E-state index is 0.0674. The number of carbonyl (C=O) groups is 2. The number of esters is 1. The van der Waals surface area contributed by atoms with Crippen LogP contribution < -0.4 is 5.32 Å². The Morgan fingerprint density at radius 1 is 0.453 bits per heavy atom. The summed E-state index contributed by atoms with van der Waals surface area (Å²) in [6.07, 6.45) is 63.2. The molecule has 0 aliphatic carbocycles. The van der Waals surface area contributed by atoms with Crippen LogP contribution in [0, 0.1) is 0 Å². The van der Waals surface area contributed by atoms with Crippen molar-refractivity contribution in [3.8, 4) is 0 Å². The molecule has 3 unspecified atom stereocenters. The third kappa shape index (κ3) is 46.4. The van der Waals surface area contributed by atoms with Crippen molar-refractivity contribution in [2.24, 2.45) is 0 Å². The second-order valence-corrected chi connectivity index (χ2v) is 19.0. The molecule has 6 heteroatoms. The lowest BCUT2D eigenvalue weighted by molar-refractivity contribution is -0.151. The number of aliphatic hydroxyl groups excluding tert-OH is 2. The van der Waals surface area contributed by atoms with Gasteiger partial charge in [0.1, 0.15) is 6.10 Å². The van der Waals surface area contributed by atoms with Gasteiger partial charge in [-0.3, -0.25) is 9.59 Å². The number of allylic oxidation sites excluding steroid dienone is 8. The number of unbranched alkanes of at least 4 members (excludes halogenated alkanes) is 30. The molecular formula is C58H107NO5. The lowest BCUT2D eigenvalue weighted by Crippen LogP contribution is -2.46. The van der Waals surface area contributed by atoms with E-state index in [1.165, 1.54) is 161 Å². The van der Waals surface area contributed by atoms with Gasteiger partial charge in [0.2, 0.25) is 5.91 Å². The number of ether oxygens (including phenoxy) is 1. The van der Waals surface area contributed by atoms with Gasteiger partial charge in [-0.1, -0.05) is 249 Å². The minimum atomic E-state index is -0.791. The van der Waals surface area contributed by atoms with Crippen molar-refractivity contribution in [3.63, 3.8) is 0 Å². The first kappa shape index (κ1) is 61.8. The van der Waals surface area contributed by atoms with E-state index in [4.69, 9.17) is 4.74 Å². The van der Waals surface area contributed by atoms with Crippen LogP contribution in [0.25, 0.3) is 0 Å². The van der Waals surface area contributed by atoms with Crippen LogP contribution in [0.5, 0.6) is 0 Å². The van der Waals surface area contributed by atoms with Crippen molar-refractivity contribution in [2.45, 2.75) is 302 Å². The summed E-state index contributed by atoms with van der Waals surface area (Å²) in [6.45, 7) is 6.45. The Labute approximate surface area is 397 Å².